The molecule has 8 nitrogen and oxygen atoms in total. The van der Waals surface area contributed by atoms with Gasteiger partial charge in [0.05, 0.1) is 11.1 Å². The lowest BCUT2D eigenvalue weighted by Gasteiger charge is -2.15. The number of carboxylic acids is 1. The van der Waals surface area contributed by atoms with Gasteiger partial charge in [0.25, 0.3) is 0 Å². The van der Waals surface area contributed by atoms with E-state index in [2.05, 4.69) is 4.89 Å². The second kappa shape index (κ2) is 11.7. The molecule has 0 aliphatic carbocycles. The van der Waals surface area contributed by atoms with Crippen molar-refractivity contribution in [3.63, 3.8) is 0 Å². The number of carboxylic acid groups (broad SMARTS) is 1. The molecule has 0 radical (unpaired) electrons. The lowest BCUT2D eigenvalue weighted by Crippen LogP contribution is -2.14. The second-order valence-electron chi connectivity index (χ2n) is 7.84. The summed E-state index contributed by atoms with van der Waals surface area (Å²) in [5, 5.41) is 19.7. The zero-order valence-corrected chi connectivity index (χ0v) is 19.7. The summed E-state index contributed by atoms with van der Waals surface area (Å²) in [5.41, 5.74) is 2.22. The Kier molecular flexibility index (Phi) is 8.51. The molecule has 0 heterocycles. The maximum atomic E-state index is 12.9. The number of aromatic carboxylic acids is 1. The predicted molar refractivity (Wildman–Crippen MR) is 133 cm³/mol. The summed E-state index contributed by atoms with van der Waals surface area (Å²) in [7, 11) is 0. The van der Waals surface area contributed by atoms with Crippen molar-refractivity contribution in [2.24, 2.45) is 0 Å². The minimum absolute atomic E-state index is 0.0229. The fourth-order valence-electron chi connectivity index (χ4n) is 3.65. The van der Waals surface area contributed by atoms with Crippen molar-refractivity contribution in [1.29, 1.82) is 0 Å². The minimum Gasteiger partial charge on any atom is -0.478 e. The molecule has 0 aromatic heterocycles. The molecule has 4 aromatic rings. The van der Waals surface area contributed by atoms with Gasteiger partial charge in [0, 0.05) is 16.3 Å². The Hall–Kier alpha value is -4.53. The fraction of sp³-hybridized carbons (Fsp3) is 0.107. The average Bonchev–Trinajstić information content (AvgIpc) is 2.88. The van der Waals surface area contributed by atoms with E-state index in [1.54, 1.807) is 43.3 Å². The van der Waals surface area contributed by atoms with Crippen LogP contribution in [0.1, 0.15) is 37.4 Å². The molecule has 0 atom stereocenters. The van der Waals surface area contributed by atoms with Gasteiger partial charge in [0.2, 0.25) is 0 Å². The summed E-state index contributed by atoms with van der Waals surface area (Å²) in [6.45, 7) is 5.66. The summed E-state index contributed by atoms with van der Waals surface area (Å²) in [4.78, 5) is 36.8. The van der Waals surface area contributed by atoms with Gasteiger partial charge in [0.1, 0.15) is 30.6 Å². The third-order valence-corrected chi connectivity index (χ3v) is 5.33. The van der Waals surface area contributed by atoms with Gasteiger partial charge in [-0.15, -0.1) is 0 Å². The SMILES string of the molecule is C=O.Cc1ccc(COO)c(Oc2ccc(OC(=O)c3cc(C)ccc3C(=O)O)c3ccccc23)c1. The Morgan fingerprint density at radius 3 is 2.06 bits per heavy atom. The molecule has 8 heteroatoms. The lowest BCUT2D eigenvalue weighted by atomic mass is 10.0. The van der Waals surface area contributed by atoms with Crippen LogP contribution in [-0.2, 0) is 16.3 Å². The number of ether oxygens (including phenoxy) is 2. The van der Waals surface area contributed by atoms with Crippen molar-refractivity contribution in [3.8, 4) is 17.2 Å². The molecular formula is C28H24O8. The molecule has 0 aliphatic rings. The third kappa shape index (κ3) is 5.75. The van der Waals surface area contributed by atoms with E-state index in [0.717, 1.165) is 11.1 Å². The van der Waals surface area contributed by atoms with Crippen LogP contribution in [0.5, 0.6) is 17.2 Å². The quantitative estimate of drug-likeness (QED) is 0.141. The topological polar surface area (TPSA) is 119 Å². The van der Waals surface area contributed by atoms with Crippen LogP contribution in [0.25, 0.3) is 10.8 Å². The fourth-order valence-corrected chi connectivity index (χ4v) is 3.65. The molecule has 0 saturated carbocycles. The third-order valence-electron chi connectivity index (χ3n) is 5.33. The van der Waals surface area contributed by atoms with E-state index >= 15 is 0 Å². The van der Waals surface area contributed by atoms with Crippen LogP contribution in [0, 0.1) is 13.8 Å². The molecule has 2 N–H and O–H groups in total. The molecule has 0 bridgehead atoms. The van der Waals surface area contributed by atoms with Crippen molar-refractivity contribution in [1.82, 2.24) is 0 Å². The first-order valence-corrected chi connectivity index (χ1v) is 10.8. The predicted octanol–water partition coefficient (Wildman–Crippen LogP) is 5.97. The Labute approximate surface area is 207 Å². The molecular weight excluding hydrogens is 464 g/mol. The molecule has 36 heavy (non-hydrogen) atoms. The smallest absolute Gasteiger partial charge is 0.344 e. The minimum atomic E-state index is -1.21. The molecule has 0 aliphatic heterocycles. The highest BCUT2D eigenvalue weighted by molar-refractivity contribution is 6.04. The van der Waals surface area contributed by atoms with Crippen LogP contribution in [-0.4, -0.2) is 29.1 Å². The van der Waals surface area contributed by atoms with Crippen molar-refractivity contribution in [3.05, 3.63) is 101 Å². The molecule has 0 saturated heterocycles. The summed E-state index contributed by atoms with van der Waals surface area (Å²) < 4.78 is 11.8. The van der Waals surface area contributed by atoms with E-state index in [-0.39, 0.29) is 23.5 Å². The molecule has 0 fully saturated rings. The summed E-state index contributed by atoms with van der Waals surface area (Å²) >= 11 is 0. The standard InChI is InChI=1S/C27H22O7.CH2O/c1-16-8-10-21(26(28)29)22(13-16)27(30)34-24-12-11-23(19-5-3-4-6-20(19)24)33-25-14-17(2)7-9-18(25)15-32-31;1-2/h3-14,31H,15H2,1-2H3,(H,28,29);1H2. The van der Waals surface area contributed by atoms with Crippen LogP contribution >= 0.6 is 0 Å². The monoisotopic (exact) mass is 488 g/mol. The molecule has 184 valence electrons. The van der Waals surface area contributed by atoms with Crippen LogP contribution < -0.4 is 9.47 Å². The number of hydrogen-bond donors (Lipinski definition) is 2. The summed E-state index contributed by atoms with van der Waals surface area (Å²) in [6.07, 6.45) is 0. The van der Waals surface area contributed by atoms with Gasteiger partial charge >= 0.3 is 11.9 Å². The second-order valence-corrected chi connectivity index (χ2v) is 7.84. The first-order valence-electron chi connectivity index (χ1n) is 10.8. The van der Waals surface area contributed by atoms with E-state index in [9.17, 15) is 14.7 Å². The van der Waals surface area contributed by atoms with E-state index in [1.165, 1.54) is 12.1 Å². The maximum Gasteiger partial charge on any atom is 0.344 e. The number of carbonyl (C=O) groups is 3. The number of fused-ring (bicyclic) bond motifs is 1. The van der Waals surface area contributed by atoms with E-state index in [1.807, 2.05) is 38.0 Å². The first-order chi connectivity index (χ1) is 17.4. The van der Waals surface area contributed by atoms with E-state index in [4.69, 9.17) is 19.5 Å². The normalized spacial score (nSPS) is 10.3. The van der Waals surface area contributed by atoms with Gasteiger partial charge in [-0.05, 0) is 49.7 Å². The molecule has 0 spiro atoms. The van der Waals surface area contributed by atoms with Crippen LogP contribution in [0.15, 0.2) is 72.8 Å². The Bertz CT molecular complexity index is 1410. The Balaban J connectivity index is 0.00000176. The zero-order chi connectivity index (χ0) is 26.2. The maximum absolute atomic E-state index is 12.9. The summed E-state index contributed by atoms with van der Waals surface area (Å²) in [6, 6.07) is 20.6. The van der Waals surface area contributed by atoms with E-state index < -0.39 is 11.9 Å². The van der Waals surface area contributed by atoms with Gasteiger partial charge in [-0.1, -0.05) is 48.0 Å². The summed E-state index contributed by atoms with van der Waals surface area (Å²) in [5.74, 6) is -0.659. The first kappa shape index (κ1) is 26.1. The largest absolute Gasteiger partial charge is 0.478 e. The number of rotatable bonds is 7. The molecule has 0 unspecified atom stereocenters. The highest BCUT2D eigenvalue weighted by atomic mass is 17.1. The van der Waals surface area contributed by atoms with Crippen molar-refractivity contribution >= 4 is 29.5 Å². The molecule has 4 aromatic carbocycles. The van der Waals surface area contributed by atoms with Gasteiger partial charge in [-0.3, -0.25) is 5.26 Å². The number of aryl methyl sites for hydroxylation is 2. The average molecular weight is 488 g/mol. The molecule has 0 amide bonds. The van der Waals surface area contributed by atoms with Crippen molar-refractivity contribution in [2.75, 3.05) is 0 Å². The number of esters is 1. The Morgan fingerprint density at radius 1 is 0.778 bits per heavy atom. The highest BCUT2D eigenvalue weighted by Gasteiger charge is 2.20. The number of hydrogen-bond acceptors (Lipinski definition) is 7. The number of carbonyl (C=O) groups excluding carboxylic acids is 2. The lowest BCUT2D eigenvalue weighted by molar-refractivity contribution is -0.253. The van der Waals surface area contributed by atoms with Crippen molar-refractivity contribution in [2.45, 2.75) is 20.5 Å². The van der Waals surface area contributed by atoms with Gasteiger partial charge < -0.3 is 19.4 Å². The number of benzene rings is 4. The highest BCUT2D eigenvalue weighted by Crippen LogP contribution is 2.37. The zero-order valence-electron chi connectivity index (χ0n) is 19.7. The van der Waals surface area contributed by atoms with Crippen LogP contribution in [0.4, 0.5) is 0 Å². The van der Waals surface area contributed by atoms with Gasteiger partial charge in [-0.2, -0.15) is 0 Å². The van der Waals surface area contributed by atoms with Crippen LogP contribution in [0.3, 0.4) is 0 Å². The molecule has 4 rings (SSSR count). The van der Waals surface area contributed by atoms with Gasteiger partial charge in [-0.25, -0.2) is 14.5 Å². The van der Waals surface area contributed by atoms with Crippen molar-refractivity contribution < 1.29 is 39.1 Å². The van der Waals surface area contributed by atoms with Gasteiger partial charge in [0.15, 0.2) is 0 Å². The Morgan fingerprint density at radius 2 is 1.39 bits per heavy atom. The van der Waals surface area contributed by atoms with E-state index in [0.29, 0.717) is 27.8 Å². The van der Waals surface area contributed by atoms with Crippen LogP contribution in [0.2, 0.25) is 0 Å².